The van der Waals surface area contributed by atoms with Gasteiger partial charge in [0.1, 0.15) is 0 Å². The van der Waals surface area contributed by atoms with Gasteiger partial charge in [-0.25, -0.2) is 4.79 Å². The summed E-state index contributed by atoms with van der Waals surface area (Å²) >= 11 is 0. The van der Waals surface area contributed by atoms with Crippen molar-refractivity contribution in [2.24, 2.45) is 0 Å². The number of pyridine rings is 1. The van der Waals surface area contributed by atoms with E-state index in [0.29, 0.717) is 11.7 Å². The molecule has 1 N–H and O–H groups in total. The van der Waals surface area contributed by atoms with Crippen molar-refractivity contribution in [3.63, 3.8) is 0 Å². The minimum Gasteiger partial charge on any atom is -0.478 e. The zero-order chi connectivity index (χ0) is 12.4. The van der Waals surface area contributed by atoms with Crippen LogP contribution in [0.25, 0.3) is 0 Å². The molecule has 88 valence electrons. The van der Waals surface area contributed by atoms with E-state index in [2.05, 4.69) is 10.1 Å². The van der Waals surface area contributed by atoms with Gasteiger partial charge in [-0.15, -0.1) is 0 Å². The van der Waals surface area contributed by atoms with Gasteiger partial charge in [-0.2, -0.15) is 4.98 Å². The van der Waals surface area contributed by atoms with Gasteiger partial charge in [0.05, 0.1) is 12.1 Å². The Morgan fingerprint density at radius 1 is 1.53 bits per heavy atom. The van der Waals surface area contributed by atoms with Crippen molar-refractivity contribution >= 4 is 5.97 Å². The normalized spacial score (nSPS) is 10.4. The Kier molecular flexibility index (Phi) is 2.73. The average Bonchev–Trinajstić information content (AvgIpc) is 2.67. The van der Waals surface area contributed by atoms with Gasteiger partial charge in [-0.05, 0) is 6.07 Å². The van der Waals surface area contributed by atoms with Gasteiger partial charge >= 0.3 is 5.97 Å². The van der Waals surface area contributed by atoms with Crippen molar-refractivity contribution in [1.29, 1.82) is 0 Å². The van der Waals surface area contributed by atoms with Gasteiger partial charge in [-0.3, -0.25) is 4.79 Å². The number of aryl methyl sites for hydroxylation is 1. The number of carbonyl (C=O) groups is 1. The van der Waals surface area contributed by atoms with Crippen LogP contribution in [0.5, 0.6) is 0 Å². The molecule has 0 aromatic carbocycles. The van der Waals surface area contributed by atoms with Crippen molar-refractivity contribution in [2.45, 2.75) is 13.5 Å². The molecule has 2 aromatic rings. The highest BCUT2D eigenvalue weighted by Crippen LogP contribution is 2.00. The van der Waals surface area contributed by atoms with Crippen LogP contribution in [0.4, 0.5) is 0 Å². The summed E-state index contributed by atoms with van der Waals surface area (Å²) in [4.78, 5) is 26.2. The average molecular weight is 235 g/mol. The summed E-state index contributed by atoms with van der Waals surface area (Å²) in [6, 6.07) is 2.44. The highest BCUT2D eigenvalue weighted by Gasteiger charge is 2.08. The molecule has 0 bridgehead atoms. The summed E-state index contributed by atoms with van der Waals surface area (Å²) in [5.74, 6) is -0.377. The molecule has 0 radical (unpaired) electrons. The number of aromatic carboxylic acids is 1. The molecule has 2 rings (SSSR count). The molecule has 0 aliphatic carbocycles. The van der Waals surface area contributed by atoms with Crippen LogP contribution >= 0.6 is 0 Å². The molecule has 17 heavy (non-hydrogen) atoms. The summed E-state index contributed by atoms with van der Waals surface area (Å²) < 4.78 is 5.98. The van der Waals surface area contributed by atoms with Gasteiger partial charge in [0.15, 0.2) is 5.82 Å². The van der Waals surface area contributed by atoms with E-state index in [-0.39, 0.29) is 17.7 Å². The molecule has 0 amide bonds. The Balaban J connectivity index is 2.35. The fraction of sp³-hybridized carbons (Fsp3) is 0.200. The molecule has 0 fully saturated rings. The molecule has 7 heteroatoms. The molecule has 0 saturated heterocycles. The van der Waals surface area contributed by atoms with E-state index in [1.165, 1.54) is 22.9 Å². The minimum absolute atomic E-state index is 0.0322. The van der Waals surface area contributed by atoms with E-state index < -0.39 is 5.97 Å². The summed E-state index contributed by atoms with van der Waals surface area (Å²) in [5.41, 5.74) is -0.290. The van der Waals surface area contributed by atoms with Crippen LogP contribution in [0.2, 0.25) is 0 Å². The largest absolute Gasteiger partial charge is 0.478 e. The Morgan fingerprint density at radius 2 is 2.29 bits per heavy atom. The third-order valence-electron chi connectivity index (χ3n) is 2.11. The lowest BCUT2D eigenvalue weighted by Gasteiger charge is -2.02. The summed E-state index contributed by atoms with van der Waals surface area (Å²) in [6.45, 7) is 1.71. The molecule has 0 atom stereocenters. The van der Waals surface area contributed by atoms with Crippen molar-refractivity contribution in [1.82, 2.24) is 14.7 Å². The Morgan fingerprint density at radius 3 is 2.88 bits per heavy atom. The lowest BCUT2D eigenvalue weighted by molar-refractivity contribution is 0.0696. The number of carboxylic acids is 1. The van der Waals surface area contributed by atoms with Gasteiger partial charge in [0, 0.05) is 19.2 Å². The Hall–Kier alpha value is -2.44. The van der Waals surface area contributed by atoms with E-state index in [1.807, 2.05) is 0 Å². The summed E-state index contributed by atoms with van der Waals surface area (Å²) in [7, 11) is 0. The Bertz CT molecular complexity index is 614. The van der Waals surface area contributed by atoms with Crippen LogP contribution in [0.1, 0.15) is 22.1 Å². The summed E-state index contributed by atoms with van der Waals surface area (Å²) in [5, 5.41) is 12.4. The van der Waals surface area contributed by atoms with Crippen molar-refractivity contribution < 1.29 is 14.4 Å². The highest BCUT2D eigenvalue weighted by atomic mass is 16.5. The maximum atomic E-state index is 11.5. The number of nitrogens with zero attached hydrogens (tertiary/aromatic N) is 3. The van der Waals surface area contributed by atoms with Crippen LogP contribution in [-0.4, -0.2) is 25.8 Å². The van der Waals surface area contributed by atoms with E-state index in [0.717, 1.165) is 0 Å². The lowest BCUT2D eigenvalue weighted by atomic mass is 10.3. The second-order valence-corrected chi connectivity index (χ2v) is 3.42. The predicted octanol–water partition coefficient (Wildman–Crippen LogP) is 0.286. The zero-order valence-electron chi connectivity index (χ0n) is 8.95. The monoisotopic (exact) mass is 235 g/mol. The minimum atomic E-state index is -1.09. The van der Waals surface area contributed by atoms with Crippen LogP contribution in [0.15, 0.2) is 27.6 Å². The third kappa shape index (κ3) is 2.39. The first kappa shape index (κ1) is 11.1. The number of hydrogen-bond donors (Lipinski definition) is 1. The summed E-state index contributed by atoms with van der Waals surface area (Å²) in [6.07, 6.45) is 1.25. The fourth-order valence-corrected chi connectivity index (χ4v) is 1.34. The maximum absolute atomic E-state index is 11.5. The lowest BCUT2D eigenvalue weighted by Crippen LogP contribution is -2.21. The first-order valence-corrected chi connectivity index (χ1v) is 4.79. The van der Waals surface area contributed by atoms with Crippen molar-refractivity contribution in [2.75, 3.05) is 0 Å². The van der Waals surface area contributed by atoms with Crippen molar-refractivity contribution in [3.8, 4) is 0 Å². The smallest absolute Gasteiger partial charge is 0.337 e. The van der Waals surface area contributed by atoms with Crippen LogP contribution in [0, 0.1) is 6.92 Å². The molecule has 0 spiro atoms. The van der Waals surface area contributed by atoms with E-state index in [4.69, 9.17) is 9.63 Å². The molecule has 0 saturated carbocycles. The topological polar surface area (TPSA) is 98.2 Å². The predicted molar refractivity (Wildman–Crippen MR) is 55.8 cm³/mol. The third-order valence-corrected chi connectivity index (χ3v) is 2.11. The van der Waals surface area contributed by atoms with E-state index in [1.54, 1.807) is 6.92 Å². The highest BCUT2D eigenvalue weighted by molar-refractivity contribution is 5.87. The van der Waals surface area contributed by atoms with Crippen LogP contribution in [-0.2, 0) is 6.54 Å². The standard InChI is InChI=1S/C10H9N3O4/c1-6-11-8(12-17-6)5-13-4-7(10(15)16)2-3-9(13)14/h2-4H,5H2,1H3,(H,15,16). The van der Waals surface area contributed by atoms with Gasteiger partial charge in [-0.1, -0.05) is 5.16 Å². The zero-order valence-corrected chi connectivity index (χ0v) is 8.95. The second-order valence-electron chi connectivity index (χ2n) is 3.42. The van der Waals surface area contributed by atoms with Crippen LogP contribution < -0.4 is 5.56 Å². The molecule has 0 aliphatic rings. The SMILES string of the molecule is Cc1nc(Cn2cc(C(=O)O)ccc2=O)no1. The number of aromatic nitrogens is 3. The molecular formula is C10H9N3O4. The van der Waals surface area contributed by atoms with E-state index >= 15 is 0 Å². The van der Waals surface area contributed by atoms with Crippen molar-refractivity contribution in [3.05, 3.63) is 46.0 Å². The molecular weight excluding hydrogens is 226 g/mol. The number of hydrogen-bond acceptors (Lipinski definition) is 5. The first-order chi connectivity index (χ1) is 8.06. The molecule has 0 aliphatic heterocycles. The molecule has 2 heterocycles. The quantitative estimate of drug-likeness (QED) is 0.820. The number of carboxylic acid groups (broad SMARTS) is 1. The second kappa shape index (κ2) is 4.20. The van der Waals surface area contributed by atoms with Crippen LogP contribution in [0.3, 0.4) is 0 Å². The van der Waals surface area contributed by atoms with E-state index in [9.17, 15) is 9.59 Å². The number of rotatable bonds is 3. The van der Waals surface area contributed by atoms with Gasteiger partial charge in [0.2, 0.25) is 5.89 Å². The first-order valence-electron chi connectivity index (χ1n) is 4.79. The Labute approximate surface area is 95.3 Å². The molecule has 7 nitrogen and oxygen atoms in total. The maximum Gasteiger partial charge on any atom is 0.337 e. The molecule has 2 aromatic heterocycles. The fourth-order valence-electron chi connectivity index (χ4n) is 1.34. The van der Waals surface area contributed by atoms with Gasteiger partial charge < -0.3 is 14.2 Å². The van der Waals surface area contributed by atoms with Gasteiger partial charge in [0.25, 0.3) is 5.56 Å². The molecule has 0 unspecified atom stereocenters.